The van der Waals surface area contributed by atoms with Crippen LogP contribution in [0.5, 0.6) is 0 Å². The second-order valence-electron chi connectivity index (χ2n) is 10.1. The van der Waals surface area contributed by atoms with Crippen molar-refractivity contribution in [3.8, 4) is 0 Å². The highest BCUT2D eigenvalue weighted by molar-refractivity contribution is 5.92. The quantitative estimate of drug-likeness (QED) is 0.781. The summed E-state index contributed by atoms with van der Waals surface area (Å²) in [5.41, 5.74) is 1.81. The predicted octanol–water partition coefficient (Wildman–Crippen LogP) is 3.08. The number of carbonyl (C=O) groups excluding carboxylic acids is 2. The van der Waals surface area contributed by atoms with Gasteiger partial charge in [-0.3, -0.25) is 9.59 Å². The predicted molar refractivity (Wildman–Crippen MR) is 103 cm³/mol. The number of rotatable bonds is 2. The molecule has 8 atom stereocenters. The van der Waals surface area contributed by atoms with E-state index in [2.05, 4.69) is 33.8 Å². The molecule has 4 aliphatic carbocycles. The van der Waals surface area contributed by atoms with E-state index in [9.17, 15) is 19.8 Å². The summed E-state index contributed by atoms with van der Waals surface area (Å²) in [5.74, 6) is 0.775. The van der Waals surface area contributed by atoms with Gasteiger partial charge >= 0.3 is 0 Å². The van der Waals surface area contributed by atoms with Gasteiger partial charge in [0.25, 0.3) is 0 Å². The Morgan fingerprint density at radius 3 is 2.70 bits per heavy atom. The molecule has 2 saturated carbocycles. The van der Waals surface area contributed by atoms with Crippen LogP contribution in [0, 0.1) is 40.4 Å². The zero-order valence-corrected chi connectivity index (χ0v) is 16.9. The molecule has 0 aliphatic heterocycles. The standard InChI is InChI=1S/C23H32O4/c1-12-7-15-17-8-13(2)20(19(27)11-24)23(17,4)10-18(26)21(15)22(3)6-5-14(25)9-16(12)22/h7,9,13,15,17-18,20-21,24,26H,5-6,8,10-11H2,1-4H3/t13-,15+,17+,18-,20-,21-,22+,23+/m1/s1. The molecule has 2 N–H and O–H groups in total. The zero-order chi connectivity index (χ0) is 19.7. The van der Waals surface area contributed by atoms with Gasteiger partial charge in [0.05, 0.1) is 6.10 Å². The summed E-state index contributed by atoms with van der Waals surface area (Å²) in [4.78, 5) is 24.6. The summed E-state index contributed by atoms with van der Waals surface area (Å²) in [6.07, 6.45) is 6.48. The molecule has 0 amide bonds. The Labute approximate surface area is 161 Å². The Morgan fingerprint density at radius 1 is 1.33 bits per heavy atom. The number of allylic oxidation sites excluding steroid dienone is 4. The SMILES string of the molecule is CC1=C[C@@H]2[C@H]([C@H](O)C[C@@]3(C)[C@H]2C[C@@H](C)[C@@H]3C(=O)CO)[C@@]2(C)CCC(=O)C=C12. The third kappa shape index (κ3) is 2.49. The summed E-state index contributed by atoms with van der Waals surface area (Å²) in [5, 5.41) is 20.8. The first-order valence-corrected chi connectivity index (χ1v) is 10.4. The summed E-state index contributed by atoms with van der Waals surface area (Å²) in [6.45, 7) is 8.17. The van der Waals surface area contributed by atoms with Gasteiger partial charge in [-0.2, -0.15) is 0 Å². The van der Waals surface area contributed by atoms with Crippen LogP contribution >= 0.6 is 0 Å². The Hall–Kier alpha value is -1.26. The molecule has 0 saturated heterocycles. The molecule has 0 unspecified atom stereocenters. The Kier molecular flexibility index (Phi) is 4.32. The van der Waals surface area contributed by atoms with Crippen LogP contribution in [-0.2, 0) is 9.59 Å². The Balaban J connectivity index is 1.82. The molecule has 0 spiro atoms. The first kappa shape index (κ1) is 19.1. The van der Waals surface area contributed by atoms with Crippen LogP contribution in [0.25, 0.3) is 0 Å². The summed E-state index contributed by atoms with van der Waals surface area (Å²) in [6, 6.07) is 0. The maximum absolute atomic E-state index is 12.5. The lowest BCUT2D eigenvalue weighted by atomic mass is 9.46. The number of Topliss-reactive ketones (excluding diaryl/α,β-unsaturated/α-hetero) is 1. The molecule has 4 aliphatic rings. The van der Waals surface area contributed by atoms with E-state index in [0.717, 1.165) is 24.0 Å². The first-order chi connectivity index (χ1) is 12.6. The van der Waals surface area contributed by atoms with E-state index < -0.39 is 12.7 Å². The average Bonchev–Trinajstić information content (AvgIpc) is 2.85. The monoisotopic (exact) mass is 372 g/mol. The number of fused-ring (bicyclic) bond motifs is 5. The minimum Gasteiger partial charge on any atom is -0.393 e. The van der Waals surface area contributed by atoms with Crippen molar-refractivity contribution < 1.29 is 19.8 Å². The van der Waals surface area contributed by atoms with Crippen molar-refractivity contribution in [2.75, 3.05) is 6.61 Å². The maximum Gasteiger partial charge on any atom is 0.162 e. The van der Waals surface area contributed by atoms with Gasteiger partial charge in [-0.25, -0.2) is 0 Å². The lowest BCUT2D eigenvalue weighted by molar-refractivity contribution is -0.140. The number of hydrogen-bond donors (Lipinski definition) is 2. The lowest BCUT2D eigenvalue weighted by Gasteiger charge is -2.58. The van der Waals surface area contributed by atoms with Gasteiger partial charge in [0.15, 0.2) is 11.6 Å². The molecule has 148 valence electrons. The van der Waals surface area contributed by atoms with Gasteiger partial charge < -0.3 is 10.2 Å². The zero-order valence-electron chi connectivity index (χ0n) is 16.9. The van der Waals surface area contributed by atoms with E-state index in [0.29, 0.717) is 18.8 Å². The van der Waals surface area contributed by atoms with Crippen LogP contribution in [0.3, 0.4) is 0 Å². The fourth-order valence-corrected chi connectivity index (χ4v) is 7.70. The highest BCUT2D eigenvalue weighted by Gasteiger charge is 2.64. The van der Waals surface area contributed by atoms with Gasteiger partial charge in [-0.1, -0.05) is 32.4 Å². The molecule has 4 rings (SSSR count). The van der Waals surface area contributed by atoms with E-state index in [1.165, 1.54) is 0 Å². The van der Waals surface area contributed by atoms with Gasteiger partial charge in [-0.05, 0) is 66.4 Å². The normalized spacial score (nSPS) is 48.9. The van der Waals surface area contributed by atoms with Crippen LogP contribution < -0.4 is 0 Å². The Bertz CT molecular complexity index is 749. The van der Waals surface area contributed by atoms with Crippen LogP contribution in [0.2, 0.25) is 0 Å². The fourth-order valence-electron chi connectivity index (χ4n) is 7.70. The maximum atomic E-state index is 12.5. The van der Waals surface area contributed by atoms with Crippen LogP contribution in [0.1, 0.15) is 53.4 Å². The lowest BCUT2D eigenvalue weighted by Crippen LogP contribution is -2.56. The van der Waals surface area contributed by atoms with E-state index in [-0.39, 0.29) is 46.1 Å². The topological polar surface area (TPSA) is 74.6 Å². The third-order valence-electron chi connectivity index (χ3n) is 8.61. The van der Waals surface area contributed by atoms with Crippen molar-refractivity contribution in [3.63, 3.8) is 0 Å². The van der Waals surface area contributed by atoms with Crippen molar-refractivity contribution in [2.45, 2.75) is 59.5 Å². The highest BCUT2D eigenvalue weighted by Crippen LogP contribution is 2.67. The summed E-state index contributed by atoms with van der Waals surface area (Å²) < 4.78 is 0. The molecule has 0 aromatic carbocycles. The number of aliphatic hydroxyl groups is 2. The first-order valence-electron chi connectivity index (χ1n) is 10.4. The number of carbonyl (C=O) groups is 2. The Morgan fingerprint density at radius 2 is 2.04 bits per heavy atom. The van der Waals surface area contributed by atoms with E-state index in [4.69, 9.17) is 0 Å². The molecular formula is C23H32O4. The number of aliphatic hydroxyl groups excluding tert-OH is 2. The second kappa shape index (κ2) is 6.12. The molecular weight excluding hydrogens is 340 g/mol. The second-order valence-corrected chi connectivity index (χ2v) is 10.1. The van der Waals surface area contributed by atoms with Crippen LogP contribution in [0.4, 0.5) is 0 Å². The molecule has 4 heteroatoms. The molecule has 0 aromatic heterocycles. The smallest absolute Gasteiger partial charge is 0.162 e. The van der Waals surface area contributed by atoms with Gasteiger partial charge in [0.2, 0.25) is 0 Å². The molecule has 0 radical (unpaired) electrons. The highest BCUT2D eigenvalue weighted by atomic mass is 16.3. The fraction of sp³-hybridized carbons (Fsp3) is 0.739. The number of hydrogen-bond acceptors (Lipinski definition) is 4. The van der Waals surface area contributed by atoms with Crippen LogP contribution in [-0.4, -0.2) is 34.5 Å². The van der Waals surface area contributed by atoms with Crippen molar-refractivity contribution in [3.05, 3.63) is 23.3 Å². The van der Waals surface area contributed by atoms with Gasteiger partial charge in [0, 0.05) is 18.3 Å². The van der Waals surface area contributed by atoms with Gasteiger partial charge in [0.1, 0.15) is 6.61 Å². The van der Waals surface area contributed by atoms with E-state index in [1.54, 1.807) is 6.08 Å². The number of ketones is 2. The van der Waals surface area contributed by atoms with Gasteiger partial charge in [-0.15, -0.1) is 0 Å². The molecule has 0 bridgehead atoms. The average molecular weight is 373 g/mol. The van der Waals surface area contributed by atoms with Crippen molar-refractivity contribution in [1.82, 2.24) is 0 Å². The minimum atomic E-state index is -0.499. The third-order valence-corrected chi connectivity index (χ3v) is 8.61. The molecule has 2 fully saturated rings. The van der Waals surface area contributed by atoms with Crippen LogP contribution in [0.15, 0.2) is 23.3 Å². The van der Waals surface area contributed by atoms with E-state index in [1.807, 2.05) is 0 Å². The van der Waals surface area contributed by atoms with Crippen molar-refractivity contribution in [1.29, 1.82) is 0 Å². The summed E-state index contributed by atoms with van der Waals surface area (Å²) >= 11 is 0. The molecule has 0 heterocycles. The summed E-state index contributed by atoms with van der Waals surface area (Å²) in [7, 11) is 0. The molecule has 27 heavy (non-hydrogen) atoms. The van der Waals surface area contributed by atoms with E-state index >= 15 is 0 Å². The minimum absolute atomic E-state index is 0.0790. The largest absolute Gasteiger partial charge is 0.393 e. The van der Waals surface area contributed by atoms with Crippen molar-refractivity contribution in [2.24, 2.45) is 40.4 Å². The molecule has 0 aromatic rings. The van der Waals surface area contributed by atoms with Crippen molar-refractivity contribution >= 4 is 11.6 Å². The molecule has 4 nitrogen and oxygen atoms in total.